The van der Waals surface area contributed by atoms with Gasteiger partial charge in [-0.1, -0.05) is 18.2 Å². The lowest BCUT2D eigenvalue weighted by Crippen LogP contribution is -2.22. The smallest absolute Gasteiger partial charge is 0.124 e. The number of aryl methyl sites for hydroxylation is 1. The molecule has 3 rings (SSSR count). The number of nitrogens with zero attached hydrogens (tertiary/aromatic N) is 1. The first-order valence-electron chi connectivity index (χ1n) is 5.78. The number of hydrogen-bond donors (Lipinski definition) is 2. The van der Waals surface area contributed by atoms with Crippen LogP contribution in [0.3, 0.4) is 0 Å². The van der Waals surface area contributed by atoms with Crippen molar-refractivity contribution in [2.45, 2.75) is 19.5 Å². The van der Waals surface area contributed by atoms with Gasteiger partial charge in [-0.05, 0) is 13.0 Å². The highest BCUT2D eigenvalue weighted by molar-refractivity contribution is 5.39. The molecule has 1 aromatic heterocycles. The molecule has 1 aliphatic heterocycles. The van der Waals surface area contributed by atoms with Crippen LogP contribution in [0.15, 0.2) is 30.5 Å². The van der Waals surface area contributed by atoms with E-state index in [0.717, 1.165) is 18.0 Å². The zero-order valence-corrected chi connectivity index (χ0v) is 9.73. The van der Waals surface area contributed by atoms with Crippen molar-refractivity contribution in [2.75, 3.05) is 6.61 Å². The van der Waals surface area contributed by atoms with Gasteiger partial charge in [0.25, 0.3) is 0 Å². The summed E-state index contributed by atoms with van der Waals surface area (Å²) in [5.41, 5.74) is 3.56. The predicted octanol–water partition coefficient (Wildman–Crippen LogP) is 1.94. The Hall–Kier alpha value is -1.81. The third-order valence-corrected chi connectivity index (χ3v) is 3.17. The van der Waals surface area contributed by atoms with Crippen LogP contribution >= 0.6 is 0 Å². The second-order valence-electron chi connectivity index (χ2n) is 4.30. The van der Waals surface area contributed by atoms with Gasteiger partial charge in [0.1, 0.15) is 12.4 Å². The van der Waals surface area contributed by atoms with E-state index in [9.17, 15) is 0 Å². The number of aromatic amines is 1. The van der Waals surface area contributed by atoms with Gasteiger partial charge >= 0.3 is 0 Å². The third-order valence-electron chi connectivity index (χ3n) is 3.17. The Kier molecular flexibility index (Phi) is 2.57. The van der Waals surface area contributed by atoms with Crippen molar-refractivity contribution in [3.8, 4) is 5.75 Å². The molecule has 88 valence electrons. The standard InChI is InChI=1S/C13H15N3O/c1-9-10(7-15-16-9)6-14-12-8-17-13-5-3-2-4-11(12)13/h2-5,7,12,14H,6,8H2,1H3,(H,15,16). The summed E-state index contributed by atoms with van der Waals surface area (Å²) >= 11 is 0. The summed E-state index contributed by atoms with van der Waals surface area (Å²) in [7, 11) is 0. The highest BCUT2D eigenvalue weighted by Gasteiger charge is 2.22. The van der Waals surface area contributed by atoms with Crippen LogP contribution in [0.1, 0.15) is 22.9 Å². The van der Waals surface area contributed by atoms with Gasteiger partial charge in [-0.3, -0.25) is 5.10 Å². The highest BCUT2D eigenvalue weighted by atomic mass is 16.5. The number of rotatable bonds is 3. The molecule has 4 nitrogen and oxygen atoms in total. The van der Waals surface area contributed by atoms with E-state index < -0.39 is 0 Å². The maximum atomic E-state index is 5.63. The largest absolute Gasteiger partial charge is 0.491 e. The van der Waals surface area contributed by atoms with E-state index in [-0.39, 0.29) is 6.04 Å². The van der Waals surface area contributed by atoms with Gasteiger partial charge in [0.15, 0.2) is 0 Å². The molecule has 0 fully saturated rings. The number of para-hydroxylation sites is 1. The van der Waals surface area contributed by atoms with Gasteiger partial charge in [0, 0.05) is 23.4 Å². The minimum Gasteiger partial charge on any atom is -0.491 e. The van der Waals surface area contributed by atoms with E-state index in [1.165, 1.54) is 11.1 Å². The number of fused-ring (bicyclic) bond motifs is 1. The average Bonchev–Trinajstić information content (AvgIpc) is 2.93. The molecule has 2 N–H and O–H groups in total. The molecule has 0 aliphatic carbocycles. The molecule has 2 heterocycles. The molecule has 4 heteroatoms. The maximum Gasteiger partial charge on any atom is 0.124 e. The Morgan fingerprint density at radius 2 is 2.35 bits per heavy atom. The predicted molar refractivity (Wildman–Crippen MR) is 64.8 cm³/mol. The molecule has 2 aromatic rings. The second kappa shape index (κ2) is 4.22. The van der Waals surface area contributed by atoms with E-state index >= 15 is 0 Å². The monoisotopic (exact) mass is 229 g/mol. The summed E-state index contributed by atoms with van der Waals surface area (Å²) in [5, 5.41) is 10.5. The number of hydrogen-bond acceptors (Lipinski definition) is 3. The van der Waals surface area contributed by atoms with E-state index in [1.54, 1.807) is 0 Å². The van der Waals surface area contributed by atoms with Crippen LogP contribution < -0.4 is 10.1 Å². The van der Waals surface area contributed by atoms with Crippen LogP contribution in [-0.2, 0) is 6.54 Å². The number of ether oxygens (including phenoxy) is 1. The SMILES string of the molecule is Cc1[nH]ncc1CNC1COc2ccccc21. The fourth-order valence-corrected chi connectivity index (χ4v) is 2.12. The first-order chi connectivity index (χ1) is 8.34. The lowest BCUT2D eigenvalue weighted by atomic mass is 10.1. The van der Waals surface area contributed by atoms with Crippen molar-refractivity contribution in [3.05, 3.63) is 47.3 Å². The molecule has 0 radical (unpaired) electrons. The minimum atomic E-state index is 0.278. The Morgan fingerprint density at radius 3 is 3.18 bits per heavy atom. The lowest BCUT2D eigenvalue weighted by Gasteiger charge is -2.10. The van der Waals surface area contributed by atoms with Crippen LogP contribution in [0.2, 0.25) is 0 Å². The molecule has 1 atom stereocenters. The van der Waals surface area contributed by atoms with Crippen LogP contribution in [0.4, 0.5) is 0 Å². The van der Waals surface area contributed by atoms with Crippen molar-refractivity contribution in [1.29, 1.82) is 0 Å². The van der Waals surface area contributed by atoms with Crippen LogP contribution in [0, 0.1) is 6.92 Å². The molecule has 1 unspecified atom stereocenters. The van der Waals surface area contributed by atoms with Gasteiger partial charge in [-0.2, -0.15) is 5.10 Å². The fraction of sp³-hybridized carbons (Fsp3) is 0.308. The van der Waals surface area contributed by atoms with E-state index in [4.69, 9.17) is 4.74 Å². The number of benzene rings is 1. The molecule has 0 bridgehead atoms. The molecular weight excluding hydrogens is 214 g/mol. The van der Waals surface area contributed by atoms with Gasteiger partial charge in [-0.25, -0.2) is 0 Å². The number of aromatic nitrogens is 2. The molecule has 1 aliphatic rings. The average molecular weight is 229 g/mol. The van der Waals surface area contributed by atoms with E-state index in [1.807, 2.05) is 31.3 Å². The van der Waals surface area contributed by atoms with Crippen molar-refractivity contribution in [1.82, 2.24) is 15.5 Å². The molecule has 0 spiro atoms. The first-order valence-corrected chi connectivity index (χ1v) is 5.78. The summed E-state index contributed by atoms with van der Waals surface area (Å²) in [4.78, 5) is 0. The molecule has 1 aromatic carbocycles. The number of H-pyrrole nitrogens is 1. The summed E-state index contributed by atoms with van der Waals surface area (Å²) in [6.07, 6.45) is 1.87. The van der Waals surface area contributed by atoms with Crippen LogP contribution in [-0.4, -0.2) is 16.8 Å². The second-order valence-corrected chi connectivity index (χ2v) is 4.30. The molecule has 0 saturated carbocycles. The van der Waals surface area contributed by atoms with Gasteiger partial charge in [0.05, 0.1) is 12.2 Å². The van der Waals surface area contributed by atoms with Crippen molar-refractivity contribution in [3.63, 3.8) is 0 Å². The summed E-state index contributed by atoms with van der Waals surface area (Å²) < 4.78 is 5.63. The van der Waals surface area contributed by atoms with E-state index in [0.29, 0.717) is 6.61 Å². The molecule has 0 amide bonds. The van der Waals surface area contributed by atoms with Crippen LogP contribution in [0.5, 0.6) is 5.75 Å². The summed E-state index contributed by atoms with van der Waals surface area (Å²) in [5.74, 6) is 0.994. The van der Waals surface area contributed by atoms with Gasteiger partial charge in [-0.15, -0.1) is 0 Å². The molecule has 0 saturated heterocycles. The topological polar surface area (TPSA) is 49.9 Å². The Bertz CT molecular complexity index is 521. The van der Waals surface area contributed by atoms with Gasteiger partial charge < -0.3 is 10.1 Å². The minimum absolute atomic E-state index is 0.278. The van der Waals surface area contributed by atoms with Crippen molar-refractivity contribution in [2.24, 2.45) is 0 Å². The van der Waals surface area contributed by atoms with Crippen molar-refractivity contribution >= 4 is 0 Å². The van der Waals surface area contributed by atoms with Gasteiger partial charge in [0.2, 0.25) is 0 Å². The zero-order chi connectivity index (χ0) is 11.7. The lowest BCUT2D eigenvalue weighted by molar-refractivity contribution is 0.310. The summed E-state index contributed by atoms with van der Waals surface area (Å²) in [6, 6.07) is 8.45. The Morgan fingerprint density at radius 1 is 1.47 bits per heavy atom. The maximum absolute atomic E-state index is 5.63. The van der Waals surface area contributed by atoms with Crippen LogP contribution in [0.25, 0.3) is 0 Å². The highest BCUT2D eigenvalue weighted by Crippen LogP contribution is 2.31. The Labute approximate surface area is 100 Å². The fourth-order valence-electron chi connectivity index (χ4n) is 2.12. The zero-order valence-electron chi connectivity index (χ0n) is 9.73. The normalized spacial score (nSPS) is 17.8. The Balaban J connectivity index is 1.70. The third kappa shape index (κ3) is 1.91. The quantitative estimate of drug-likeness (QED) is 0.845. The number of nitrogens with one attached hydrogen (secondary N) is 2. The molecular formula is C13H15N3O. The summed E-state index contributed by atoms with van der Waals surface area (Å²) in [6.45, 7) is 3.55. The van der Waals surface area contributed by atoms with E-state index in [2.05, 4.69) is 21.6 Å². The first kappa shape index (κ1) is 10.4. The molecule has 17 heavy (non-hydrogen) atoms. The van der Waals surface area contributed by atoms with Crippen molar-refractivity contribution < 1.29 is 4.74 Å².